The molecule has 2 aliphatic carbocycles. The molecule has 1 aromatic carbocycles. The van der Waals surface area contributed by atoms with Gasteiger partial charge in [-0.1, -0.05) is 69.4 Å². The number of carboxylic acids is 1. The average molecular weight is 468 g/mol. The van der Waals surface area contributed by atoms with Crippen molar-refractivity contribution in [3.63, 3.8) is 0 Å². The first-order valence-corrected chi connectivity index (χ1v) is 12.1. The van der Waals surface area contributed by atoms with Crippen LogP contribution in [0.3, 0.4) is 0 Å². The summed E-state index contributed by atoms with van der Waals surface area (Å²) in [5, 5.41) is 16.0. The second-order valence-electron chi connectivity index (χ2n) is 10.5. The van der Waals surface area contributed by atoms with E-state index in [1.807, 2.05) is 13.0 Å². The predicted molar refractivity (Wildman–Crippen MR) is 128 cm³/mol. The molecule has 172 valence electrons. The smallest absolute Gasteiger partial charge is 0.309 e. The summed E-state index contributed by atoms with van der Waals surface area (Å²) in [5.41, 5.74) is 2.41. The predicted octanol–water partition coefficient (Wildman–Crippen LogP) is 7.44. The van der Waals surface area contributed by atoms with Crippen LogP contribution in [0.15, 0.2) is 11.2 Å². The fraction of sp³-hybridized carbons (Fsp3) is 0.680. The van der Waals surface area contributed by atoms with Crippen LogP contribution in [0.25, 0.3) is 0 Å². The molecule has 4 nitrogen and oxygen atoms in total. The van der Waals surface area contributed by atoms with Gasteiger partial charge in [-0.3, -0.25) is 4.79 Å². The molecule has 0 aromatic heterocycles. The number of hydrogen-bond acceptors (Lipinski definition) is 3. The zero-order chi connectivity index (χ0) is 23.1. The Labute approximate surface area is 196 Å². The third-order valence-electron chi connectivity index (χ3n) is 7.51. The summed E-state index contributed by atoms with van der Waals surface area (Å²) in [4.78, 5) is 18.1. The van der Waals surface area contributed by atoms with Crippen molar-refractivity contribution >= 4 is 34.9 Å². The minimum absolute atomic E-state index is 0.108. The van der Waals surface area contributed by atoms with Gasteiger partial charge in [0.25, 0.3) is 0 Å². The first kappa shape index (κ1) is 24.4. The van der Waals surface area contributed by atoms with E-state index in [-0.39, 0.29) is 17.3 Å². The minimum Gasteiger partial charge on any atom is -0.481 e. The van der Waals surface area contributed by atoms with Gasteiger partial charge in [0.2, 0.25) is 0 Å². The number of halogens is 2. The Kier molecular flexibility index (Phi) is 7.03. The van der Waals surface area contributed by atoms with Crippen molar-refractivity contribution in [2.75, 3.05) is 6.61 Å². The molecule has 1 fully saturated rings. The lowest BCUT2D eigenvalue weighted by molar-refractivity contribution is -0.156. The second-order valence-corrected chi connectivity index (χ2v) is 11.3. The lowest BCUT2D eigenvalue weighted by Crippen LogP contribution is -2.53. The molecule has 0 bridgehead atoms. The van der Waals surface area contributed by atoms with E-state index < -0.39 is 11.4 Å². The maximum absolute atomic E-state index is 12.4. The van der Waals surface area contributed by atoms with Crippen molar-refractivity contribution in [3.8, 4) is 0 Å². The molecule has 0 unspecified atom stereocenters. The maximum Gasteiger partial charge on any atom is 0.309 e. The molecule has 1 aromatic rings. The van der Waals surface area contributed by atoms with Crippen LogP contribution in [0.1, 0.15) is 96.3 Å². The Bertz CT molecular complexity index is 895. The summed E-state index contributed by atoms with van der Waals surface area (Å²) in [5.74, 6) is -0.175. The monoisotopic (exact) mass is 467 g/mol. The molecule has 0 aliphatic heterocycles. The molecule has 1 saturated carbocycles. The van der Waals surface area contributed by atoms with Gasteiger partial charge in [-0.2, -0.15) is 0 Å². The summed E-state index contributed by atoms with van der Waals surface area (Å²) >= 11 is 13.7. The lowest BCUT2D eigenvalue weighted by atomic mass is 9.49. The topological polar surface area (TPSA) is 58.9 Å². The van der Waals surface area contributed by atoms with Crippen LogP contribution < -0.4 is 0 Å². The van der Waals surface area contributed by atoms with E-state index in [4.69, 9.17) is 28.0 Å². The van der Waals surface area contributed by atoms with Crippen LogP contribution in [0.2, 0.25) is 10.0 Å². The number of hydrogen-bond donors (Lipinski definition) is 1. The molecule has 1 N–H and O–H groups in total. The van der Waals surface area contributed by atoms with Gasteiger partial charge in [0.1, 0.15) is 6.61 Å². The molecule has 6 heteroatoms. The number of aliphatic carboxylic acids is 1. The van der Waals surface area contributed by atoms with Gasteiger partial charge >= 0.3 is 5.97 Å². The Hall–Kier alpha value is -1.26. The van der Waals surface area contributed by atoms with Gasteiger partial charge in [0, 0.05) is 10.6 Å². The van der Waals surface area contributed by atoms with Gasteiger partial charge in [0.15, 0.2) is 0 Å². The Morgan fingerprint density at radius 1 is 1.26 bits per heavy atom. The van der Waals surface area contributed by atoms with Gasteiger partial charge < -0.3 is 9.94 Å². The van der Waals surface area contributed by atoms with E-state index in [0.717, 1.165) is 41.7 Å². The Balaban J connectivity index is 2.20. The molecule has 0 radical (unpaired) electrons. The van der Waals surface area contributed by atoms with Crippen LogP contribution in [0.5, 0.6) is 0 Å². The van der Waals surface area contributed by atoms with Crippen molar-refractivity contribution < 1.29 is 14.7 Å². The third kappa shape index (κ3) is 4.23. The van der Waals surface area contributed by atoms with Crippen molar-refractivity contribution in [3.05, 3.63) is 32.8 Å². The number of benzene rings is 1. The summed E-state index contributed by atoms with van der Waals surface area (Å²) in [6, 6.07) is 2.02. The highest BCUT2D eigenvalue weighted by Gasteiger charge is 2.57. The highest BCUT2D eigenvalue weighted by atomic mass is 35.5. The first-order chi connectivity index (χ1) is 14.4. The molecule has 3 atom stereocenters. The standard InChI is InChI=1S/C25H35Cl2NO3/c1-14(2)8-11-31-28-18-13-19-24(5,9-7-10-25(19,6)23(29)30)16-12-17(26)20(15(3)4)22(27)21(16)18/h12,14-15,19H,7-11,13H2,1-6H3,(H,29,30)/b28-18+/t19-,24-,25-/m1/s1. The van der Waals surface area contributed by atoms with E-state index in [9.17, 15) is 9.90 Å². The Morgan fingerprint density at radius 3 is 2.52 bits per heavy atom. The fourth-order valence-electron chi connectivity index (χ4n) is 5.59. The molecule has 2 aliphatic rings. The van der Waals surface area contributed by atoms with Crippen molar-refractivity contribution in [1.29, 1.82) is 0 Å². The first-order valence-electron chi connectivity index (χ1n) is 11.4. The van der Waals surface area contributed by atoms with E-state index in [1.165, 1.54) is 0 Å². The number of carbonyl (C=O) groups is 1. The summed E-state index contributed by atoms with van der Waals surface area (Å²) in [6.07, 6.45) is 3.86. The normalized spacial score (nSPS) is 29.2. The van der Waals surface area contributed by atoms with E-state index in [2.05, 4.69) is 39.8 Å². The van der Waals surface area contributed by atoms with Gasteiger partial charge in [0.05, 0.1) is 16.1 Å². The molecule has 0 saturated heterocycles. The largest absolute Gasteiger partial charge is 0.481 e. The fourth-order valence-corrected chi connectivity index (χ4v) is 6.59. The van der Waals surface area contributed by atoms with E-state index in [1.54, 1.807) is 0 Å². The van der Waals surface area contributed by atoms with Crippen LogP contribution in [-0.4, -0.2) is 23.4 Å². The SMILES string of the molecule is CC(C)CCO/N=C1\C[C@H]2[C@](C)(C(=O)O)CCC[C@]2(C)c2cc(Cl)c(C(C)C)c(Cl)c21. The summed E-state index contributed by atoms with van der Waals surface area (Å²) in [6.45, 7) is 13.0. The number of fused-ring (bicyclic) bond motifs is 3. The molecule has 0 spiro atoms. The van der Waals surface area contributed by atoms with E-state index in [0.29, 0.717) is 35.4 Å². The Morgan fingerprint density at radius 2 is 1.94 bits per heavy atom. The van der Waals surface area contributed by atoms with Crippen molar-refractivity contribution in [1.82, 2.24) is 0 Å². The van der Waals surface area contributed by atoms with Crippen LogP contribution in [0.4, 0.5) is 0 Å². The lowest BCUT2D eigenvalue weighted by Gasteiger charge is -2.53. The maximum atomic E-state index is 12.4. The zero-order valence-electron chi connectivity index (χ0n) is 19.5. The number of nitrogens with zero attached hydrogens (tertiary/aromatic N) is 1. The van der Waals surface area contributed by atoms with Crippen LogP contribution in [0, 0.1) is 17.3 Å². The highest BCUT2D eigenvalue weighted by Crippen LogP contribution is 2.59. The number of oxime groups is 1. The molecular formula is C25H35Cl2NO3. The molecule has 31 heavy (non-hydrogen) atoms. The van der Waals surface area contributed by atoms with Gasteiger partial charge in [-0.15, -0.1) is 0 Å². The number of carboxylic acid groups (broad SMARTS) is 1. The highest BCUT2D eigenvalue weighted by molar-refractivity contribution is 6.39. The third-order valence-corrected chi connectivity index (χ3v) is 8.22. The van der Waals surface area contributed by atoms with Crippen molar-refractivity contribution in [2.45, 2.75) is 85.0 Å². The van der Waals surface area contributed by atoms with Gasteiger partial charge in [-0.05, 0) is 73.0 Å². The van der Waals surface area contributed by atoms with Gasteiger partial charge in [-0.25, -0.2) is 0 Å². The molecule has 0 heterocycles. The van der Waals surface area contributed by atoms with Crippen LogP contribution in [-0.2, 0) is 15.0 Å². The molecule has 0 amide bonds. The van der Waals surface area contributed by atoms with Crippen LogP contribution >= 0.6 is 23.2 Å². The summed E-state index contributed by atoms with van der Waals surface area (Å²) < 4.78 is 0. The van der Waals surface area contributed by atoms with Crippen molar-refractivity contribution in [2.24, 2.45) is 22.4 Å². The molecular weight excluding hydrogens is 433 g/mol. The minimum atomic E-state index is -0.834. The zero-order valence-corrected chi connectivity index (χ0v) is 21.0. The number of rotatable bonds is 6. The second kappa shape index (κ2) is 8.94. The summed E-state index contributed by atoms with van der Waals surface area (Å²) in [7, 11) is 0. The quantitative estimate of drug-likeness (QED) is 0.349. The molecule has 3 rings (SSSR count). The van der Waals surface area contributed by atoms with E-state index >= 15 is 0 Å². The average Bonchev–Trinajstić information content (AvgIpc) is 2.65.